The van der Waals surface area contributed by atoms with Crippen molar-refractivity contribution < 1.29 is 0 Å². The van der Waals surface area contributed by atoms with E-state index in [1.165, 1.54) is 27.8 Å². The number of hydrogen-bond acceptors (Lipinski definition) is 2. The zero-order chi connectivity index (χ0) is 13.4. The van der Waals surface area contributed by atoms with E-state index in [2.05, 4.69) is 59.7 Å². The van der Waals surface area contributed by atoms with Crippen molar-refractivity contribution in [2.75, 3.05) is 0 Å². The van der Waals surface area contributed by atoms with Crippen LogP contribution in [0.4, 0.5) is 0 Å². The second kappa shape index (κ2) is 4.81. The smallest absolute Gasteiger partial charge is 0.197 e. The van der Waals surface area contributed by atoms with Crippen LogP contribution in [0.2, 0.25) is 0 Å². The highest BCUT2D eigenvalue weighted by Gasteiger charge is 2.12. The Morgan fingerprint density at radius 3 is 1.89 bits per heavy atom. The lowest BCUT2D eigenvalue weighted by Crippen LogP contribution is -1.98. The number of rotatable bonds is 1. The molecule has 1 aromatic carbocycles. The fourth-order valence-electron chi connectivity index (χ4n) is 2.26. The molecular formula is C15H17BrN2. The van der Waals surface area contributed by atoms with Gasteiger partial charge in [-0.1, -0.05) is 6.07 Å². The summed E-state index contributed by atoms with van der Waals surface area (Å²) >= 11 is 3.37. The SMILES string of the molecule is Cc1cc(-c2c(C)c(C)cc(C)c2C)nc(Br)n1. The van der Waals surface area contributed by atoms with Crippen LogP contribution in [-0.4, -0.2) is 9.97 Å². The zero-order valence-electron chi connectivity index (χ0n) is 11.4. The van der Waals surface area contributed by atoms with E-state index in [0.717, 1.165) is 11.4 Å². The minimum absolute atomic E-state index is 0.649. The van der Waals surface area contributed by atoms with E-state index in [0.29, 0.717) is 4.73 Å². The maximum Gasteiger partial charge on any atom is 0.197 e. The normalized spacial score (nSPS) is 10.8. The van der Waals surface area contributed by atoms with Crippen LogP contribution in [0, 0.1) is 34.6 Å². The van der Waals surface area contributed by atoms with Crippen LogP contribution in [0.1, 0.15) is 27.9 Å². The molecule has 0 saturated heterocycles. The van der Waals surface area contributed by atoms with Gasteiger partial charge in [0.05, 0.1) is 5.69 Å². The first kappa shape index (κ1) is 13.2. The largest absolute Gasteiger partial charge is 0.227 e. The van der Waals surface area contributed by atoms with Crippen LogP contribution in [0.15, 0.2) is 16.9 Å². The predicted molar refractivity (Wildman–Crippen MR) is 78.9 cm³/mol. The summed E-state index contributed by atoms with van der Waals surface area (Å²) in [6.45, 7) is 10.6. The Bertz CT molecular complexity index is 572. The second-order valence-corrected chi connectivity index (χ2v) is 5.51. The Balaban J connectivity index is 2.78. The number of halogens is 1. The maximum atomic E-state index is 4.51. The first-order valence-electron chi connectivity index (χ1n) is 5.99. The van der Waals surface area contributed by atoms with Gasteiger partial charge in [0.2, 0.25) is 0 Å². The van der Waals surface area contributed by atoms with E-state index in [4.69, 9.17) is 0 Å². The van der Waals surface area contributed by atoms with Gasteiger partial charge in [-0.05, 0) is 78.9 Å². The molecule has 2 aromatic rings. The van der Waals surface area contributed by atoms with Crippen molar-refractivity contribution in [3.63, 3.8) is 0 Å². The molecule has 2 rings (SSSR count). The molecule has 3 heteroatoms. The van der Waals surface area contributed by atoms with Crippen molar-refractivity contribution in [1.82, 2.24) is 9.97 Å². The van der Waals surface area contributed by atoms with E-state index < -0.39 is 0 Å². The molecule has 94 valence electrons. The van der Waals surface area contributed by atoms with Crippen LogP contribution < -0.4 is 0 Å². The summed E-state index contributed by atoms with van der Waals surface area (Å²) in [4.78, 5) is 8.78. The van der Waals surface area contributed by atoms with E-state index in [9.17, 15) is 0 Å². The van der Waals surface area contributed by atoms with Crippen molar-refractivity contribution in [2.24, 2.45) is 0 Å². The topological polar surface area (TPSA) is 25.8 Å². The third-order valence-corrected chi connectivity index (χ3v) is 3.80. The molecule has 0 unspecified atom stereocenters. The summed E-state index contributed by atoms with van der Waals surface area (Å²) in [5.41, 5.74) is 8.41. The quantitative estimate of drug-likeness (QED) is 0.728. The first-order valence-corrected chi connectivity index (χ1v) is 6.78. The van der Waals surface area contributed by atoms with Gasteiger partial charge in [-0.15, -0.1) is 0 Å². The van der Waals surface area contributed by atoms with Gasteiger partial charge < -0.3 is 0 Å². The summed E-state index contributed by atoms with van der Waals surface area (Å²) in [6.07, 6.45) is 0. The highest BCUT2D eigenvalue weighted by Crippen LogP contribution is 2.31. The minimum Gasteiger partial charge on any atom is -0.227 e. The van der Waals surface area contributed by atoms with Gasteiger partial charge in [-0.3, -0.25) is 0 Å². The summed E-state index contributed by atoms with van der Waals surface area (Å²) in [5, 5.41) is 0. The molecule has 0 amide bonds. The van der Waals surface area contributed by atoms with E-state index in [1.54, 1.807) is 0 Å². The molecule has 0 aliphatic heterocycles. The summed E-state index contributed by atoms with van der Waals surface area (Å²) in [7, 11) is 0. The minimum atomic E-state index is 0.649. The number of nitrogens with zero attached hydrogens (tertiary/aromatic N) is 2. The summed E-state index contributed by atoms with van der Waals surface area (Å²) in [6, 6.07) is 4.27. The highest BCUT2D eigenvalue weighted by atomic mass is 79.9. The number of aromatic nitrogens is 2. The molecule has 1 aromatic heterocycles. The number of hydrogen-bond donors (Lipinski definition) is 0. The fraction of sp³-hybridized carbons (Fsp3) is 0.333. The number of aryl methyl sites for hydroxylation is 3. The molecule has 18 heavy (non-hydrogen) atoms. The van der Waals surface area contributed by atoms with Crippen LogP contribution in [0.3, 0.4) is 0 Å². The average Bonchev–Trinajstić information content (AvgIpc) is 2.25. The molecule has 0 radical (unpaired) electrons. The summed E-state index contributed by atoms with van der Waals surface area (Å²) < 4.78 is 0.649. The second-order valence-electron chi connectivity index (χ2n) is 4.80. The molecule has 2 nitrogen and oxygen atoms in total. The molecule has 0 N–H and O–H groups in total. The molecule has 0 aliphatic rings. The molecule has 0 atom stereocenters. The monoisotopic (exact) mass is 304 g/mol. The van der Waals surface area contributed by atoms with E-state index in [1.807, 2.05) is 13.0 Å². The Morgan fingerprint density at radius 2 is 1.39 bits per heavy atom. The standard InChI is InChI=1S/C15H17BrN2/c1-8-6-9(2)12(5)14(11(8)4)13-7-10(3)17-15(16)18-13/h6-7H,1-5H3. The molecule has 1 heterocycles. The Labute approximate surface area is 117 Å². The lowest BCUT2D eigenvalue weighted by atomic mass is 9.92. The molecular weight excluding hydrogens is 288 g/mol. The molecule has 0 spiro atoms. The van der Waals surface area contributed by atoms with Gasteiger partial charge in [0.15, 0.2) is 4.73 Å². The predicted octanol–water partition coefficient (Wildman–Crippen LogP) is 4.45. The molecule has 0 aliphatic carbocycles. The van der Waals surface area contributed by atoms with Gasteiger partial charge in [0.25, 0.3) is 0 Å². The van der Waals surface area contributed by atoms with Crippen molar-refractivity contribution in [2.45, 2.75) is 34.6 Å². The Hall–Kier alpha value is -1.22. The van der Waals surface area contributed by atoms with Crippen molar-refractivity contribution >= 4 is 15.9 Å². The highest BCUT2D eigenvalue weighted by molar-refractivity contribution is 9.10. The van der Waals surface area contributed by atoms with Gasteiger partial charge in [0, 0.05) is 11.3 Å². The van der Waals surface area contributed by atoms with Gasteiger partial charge in [0.1, 0.15) is 0 Å². The van der Waals surface area contributed by atoms with Crippen LogP contribution in [0.25, 0.3) is 11.3 Å². The van der Waals surface area contributed by atoms with Gasteiger partial charge >= 0.3 is 0 Å². The maximum absolute atomic E-state index is 4.51. The molecule has 0 fully saturated rings. The number of benzene rings is 1. The average molecular weight is 305 g/mol. The fourth-order valence-corrected chi connectivity index (χ4v) is 2.73. The Kier molecular flexibility index (Phi) is 3.53. The summed E-state index contributed by atoms with van der Waals surface area (Å²) in [5.74, 6) is 0. The van der Waals surface area contributed by atoms with Crippen molar-refractivity contribution in [1.29, 1.82) is 0 Å². The van der Waals surface area contributed by atoms with Gasteiger partial charge in [-0.25, -0.2) is 9.97 Å². The van der Waals surface area contributed by atoms with Crippen molar-refractivity contribution in [3.8, 4) is 11.3 Å². The van der Waals surface area contributed by atoms with Crippen LogP contribution in [0.5, 0.6) is 0 Å². The molecule has 0 bridgehead atoms. The molecule has 0 saturated carbocycles. The first-order chi connectivity index (χ1) is 8.40. The van der Waals surface area contributed by atoms with Gasteiger partial charge in [-0.2, -0.15) is 0 Å². The van der Waals surface area contributed by atoms with Crippen LogP contribution in [-0.2, 0) is 0 Å². The van der Waals surface area contributed by atoms with Crippen LogP contribution >= 0.6 is 15.9 Å². The zero-order valence-corrected chi connectivity index (χ0v) is 13.0. The van der Waals surface area contributed by atoms with E-state index in [-0.39, 0.29) is 0 Å². The van der Waals surface area contributed by atoms with E-state index >= 15 is 0 Å². The third-order valence-electron chi connectivity index (χ3n) is 3.45. The lowest BCUT2D eigenvalue weighted by molar-refractivity contribution is 1.05. The lowest BCUT2D eigenvalue weighted by Gasteiger charge is -2.15. The Morgan fingerprint density at radius 1 is 0.833 bits per heavy atom. The third kappa shape index (κ3) is 2.32. The van der Waals surface area contributed by atoms with Crippen molar-refractivity contribution in [3.05, 3.63) is 44.8 Å².